The first-order chi connectivity index (χ1) is 9.95. The number of hydrogen-bond donors (Lipinski definition) is 0. The van der Waals surface area contributed by atoms with E-state index in [1.165, 1.54) is 10.8 Å². The van der Waals surface area contributed by atoms with Gasteiger partial charge in [0.15, 0.2) is 0 Å². The summed E-state index contributed by atoms with van der Waals surface area (Å²) in [6, 6.07) is 3.28. The molecule has 0 aliphatic carbocycles. The first-order valence-electron chi connectivity index (χ1n) is 6.20. The van der Waals surface area contributed by atoms with Crippen LogP contribution in [0.1, 0.15) is 17.3 Å². The van der Waals surface area contributed by atoms with Crippen molar-refractivity contribution in [1.29, 1.82) is 0 Å². The minimum Gasteiger partial charge on any atom is -0.462 e. The summed E-state index contributed by atoms with van der Waals surface area (Å²) >= 11 is 12.1. The zero-order valence-corrected chi connectivity index (χ0v) is 13.3. The first-order valence-corrected chi connectivity index (χ1v) is 6.96. The Kier molecular flexibility index (Phi) is 4.69. The Bertz CT molecular complexity index is 651. The standard InChI is InChI=1S/C13H14Cl2N4O2/c1-4-21-12(20)8-7-16-13(17-11(8)18(2)3)19-9(14)5-6-10(19)15/h5-7H,4H2,1-3H3. The molecule has 8 heteroatoms. The van der Waals surface area contributed by atoms with Crippen molar-refractivity contribution in [3.8, 4) is 5.95 Å². The molecule has 0 N–H and O–H groups in total. The molecule has 0 aliphatic rings. The average molecular weight is 329 g/mol. The molecule has 0 amide bonds. The molecule has 2 aromatic heterocycles. The Morgan fingerprint density at radius 2 is 1.95 bits per heavy atom. The van der Waals surface area contributed by atoms with Gasteiger partial charge in [-0.05, 0) is 19.1 Å². The van der Waals surface area contributed by atoms with E-state index in [0.29, 0.717) is 16.1 Å². The van der Waals surface area contributed by atoms with Crippen LogP contribution >= 0.6 is 23.2 Å². The maximum Gasteiger partial charge on any atom is 0.343 e. The van der Waals surface area contributed by atoms with E-state index in [2.05, 4.69) is 9.97 Å². The quantitative estimate of drug-likeness (QED) is 0.807. The smallest absolute Gasteiger partial charge is 0.343 e. The minimum absolute atomic E-state index is 0.280. The Morgan fingerprint density at radius 3 is 2.48 bits per heavy atom. The third kappa shape index (κ3) is 3.11. The van der Waals surface area contributed by atoms with Gasteiger partial charge in [0.25, 0.3) is 0 Å². The molecule has 6 nitrogen and oxygen atoms in total. The van der Waals surface area contributed by atoms with E-state index in [1.807, 2.05) is 0 Å². The Hall–Kier alpha value is -1.79. The van der Waals surface area contributed by atoms with Gasteiger partial charge in [-0.15, -0.1) is 0 Å². The number of halogens is 2. The van der Waals surface area contributed by atoms with Crippen LogP contribution in [0.2, 0.25) is 10.3 Å². The fourth-order valence-electron chi connectivity index (χ4n) is 1.75. The van der Waals surface area contributed by atoms with E-state index in [9.17, 15) is 4.79 Å². The van der Waals surface area contributed by atoms with Gasteiger partial charge in [-0.25, -0.2) is 9.78 Å². The summed E-state index contributed by atoms with van der Waals surface area (Å²) in [5.41, 5.74) is 0.282. The van der Waals surface area contributed by atoms with Crippen LogP contribution in [0.25, 0.3) is 5.95 Å². The van der Waals surface area contributed by atoms with Crippen molar-refractivity contribution in [2.75, 3.05) is 25.6 Å². The Balaban J connectivity index is 2.53. The van der Waals surface area contributed by atoms with E-state index in [4.69, 9.17) is 27.9 Å². The number of anilines is 1. The van der Waals surface area contributed by atoms with Gasteiger partial charge in [-0.2, -0.15) is 4.98 Å². The summed E-state index contributed by atoms with van der Waals surface area (Å²) < 4.78 is 6.47. The molecule has 0 saturated carbocycles. The molecule has 0 radical (unpaired) electrons. The normalized spacial score (nSPS) is 10.5. The molecular weight excluding hydrogens is 315 g/mol. The molecule has 112 valence electrons. The second-order valence-electron chi connectivity index (χ2n) is 4.34. The maximum atomic E-state index is 11.9. The molecule has 0 spiro atoms. The molecule has 0 aromatic carbocycles. The van der Waals surface area contributed by atoms with Gasteiger partial charge in [-0.1, -0.05) is 23.2 Å². The molecule has 2 rings (SSSR count). The maximum absolute atomic E-state index is 11.9. The highest BCUT2D eigenvalue weighted by atomic mass is 35.5. The Morgan fingerprint density at radius 1 is 1.33 bits per heavy atom. The topological polar surface area (TPSA) is 60.2 Å². The second-order valence-corrected chi connectivity index (χ2v) is 5.11. The van der Waals surface area contributed by atoms with Gasteiger partial charge in [0.2, 0.25) is 5.95 Å². The molecule has 0 atom stereocenters. The largest absolute Gasteiger partial charge is 0.462 e. The summed E-state index contributed by atoms with van der Waals surface area (Å²) in [6.45, 7) is 2.02. The molecule has 2 aromatic rings. The van der Waals surface area contributed by atoms with E-state index in [0.717, 1.165) is 0 Å². The number of rotatable bonds is 4. The van der Waals surface area contributed by atoms with Gasteiger partial charge < -0.3 is 9.64 Å². The summed E-state index contributed by atoms with van der Waals surface area (Å²) in [7, 11) is 3.54. The number of aromatic nitrogens is 3. The van der Waals surface area contributed by atoms with Crippen molar-refractivity contribution in [2.45, 2.75) is 6.92 Å². The van der Waals surface area contributed by atoms with Crippen molar-refractivity contribution in [3.05, 3.63) is 34.2 Å². The van der Waals surface area contributed by atoms with Crippen LogP contribution in [-0.4, -0.2) is 41.2 Å². The molecule has 2 heterocycles. The number of ether oxygens (including phenoxy) is 1. The SMILES string of the molecule is CCOC(=O)c1cnc(-n2c(Cl)ccc2Cl)nc1N(C)C. The van der Waals surface area contributed by atoms with Crippen molar-refractivity contribution in [3.63, 3.8) is 0 Å². The highest BCUT2D eigenvalue weighted by Gasteiger charge is 2.19. The number of carbonyl (C=O) groups is 1. The summed E-state index contributed by atoms with van der Waals surface area (Å²) in [6.07, 6.45) is 1.41. The van der Waals surface area contributed by atoms with Gasteiger partial charge in [-0.3, -0.25) is 4.57 Å². The Labute approximate surface area is 132 Å². The van der Waals surface area contributed by atoms with Crippen LogP contribution < -0.4 is 4.90 Å². The third-order valence-electron chi connectivity index (χ3n) is 2.66. The van der Waals surface area contributed by atoms with Crippen molar-refractivity contribution >= 4 is 35.0 Å². The van der Waals surface area contributed by atoms with Crippen LogP contribution in [0.5, 0.6) is 0 Å². The molecule has 0 bridgehead atoms. The van der Waals surface area contributed by atoms with Gasteiger partial charge in [0.1, 0.15) is 21.7 Å². The van der Waals surface area contributed by atoms with Gasteiger partial charge in [0.05, 0.1) is 6.61 Å². The predicted molar refractivity (Wildman–Crippen MR) is 81.7 cm³/mol. The van der Waals surface area contributed by atoms with Gasteiger partial charge >= 0.3 is 5.97 Å². The van der Waals surface area contributed by atoms with E-state index in [1.54, 1.807) is 38.1 Å². The van der Waals surface area contributed by atoms with Crippen LogP contribution in [0.15, 0.2) is 18.3 Å². The number of esters is 1. The fourth-order valence-corrected chi connectivity index (χ4v) is 2.25. The summed E-state index contributed by atoms with van der Waals surface area (Å²) in [5, 5.41) is 0.766. The van der Waals surface area contributed by atoms with E-state index < -0.39 is 5.97 Å². The zero-order chi connectivity index (χ0) is 15.6. The van der Waals surface area contributed by atoms with Crippen LogP contribution in [0.3, 0.4) is 0 Å². The highest BCUT2D eigenvalue weighted by molar-refractivity contribution is 6.33. The minimum atomic E-state index is -0.475. The molecular formula is C13H14Cl2N4O2. The van der Waals surface area contributed by atoms with Crippen LogP contribution in [-0.2, 0) is 4.74 Å². The highest BCUT2D eigenvalue weighted by Crippen LogP contribution is 2.25. The van der Waals surface area contributed by atoms with Crippen molar-refractivity contribution < 1.29 is 9.53 Å². The van der Waals surface area contributed by atoms with Gasteiger partial charge in [0, 0.05) is 20.3 Å². The lowest BCUT2D eigenvalue weighted by atomic mass is 10.3. The lowest BCUT2D eigenvalue weighted by molar-refractivity contribution is 0.0526. The molecule has 0 unspecified atom stereocenters. The van der Waals surface area contributed by atoms with E-state index in [-0.39, 0.29) is 18.1 Å². The molecule has 0 saturated heterocycles. The lowest BCUT2D eigenvalue weighted by Crippen LogP contribution is -2.19. The van der Waals surface area contributed by atoms with Crippen LogP contribution in [0.4, 0.5) is 5.82 Å². The number of carbonyl (C=O) groups excluding carboxylic acids is 1. The molecule has 0 fully saturated rings. The van der Waals surface area contributed by atoms with E-state index >= 15 is 0 Å². The molecule has 21 heavy (non-hydrogen) atoms. The first kappa shape index (κ1) is 15.6. The molecule has 0 aliphatic heterocycles. The lowest BCUT2D eigenvalue weighted by Gasteiger charge is -2.16. The fraction of sp³-hybridized carbons (Fsp3) is 0.308. The average Bonchev–Trinajstić information content (AvgIpc) is 2.77. The van der Waals surface area contributed by atoms with Crippen molar-refractivity contribution in [1.82, 2.24) is 14.5 Å². The summed E-state index contributed by atoms with van der Waals surface area (Å²) in [5.74, 6) is 0.239. The number of nitrogens with zero attached hydrogens (tertiary/aromatic N) is 4. The monoisotopic (exact) mass is 328 g/mol. The van der Waals surface area contributed by atoms with Crippen LogP contribution in [0, 0.1) is 0 Å². The predicted octanol–water partition coefficient (Wildman–Crippen LogP) is 2.82. The second kappa shape index (κ2) is 6.32. The number of hydrogen-bond acceptors (Lipinski definition) is 5. The summed E-state index contributed by atoms with van der Waals surface area (Å²) in [4.78, 5) is 22.1. The third-order valence-corrected chi connectivity index (χ3v) is 3.25. The van der Waals surface area contributed by atoms with Crippen molar-refractivity contribution in [2.24, 2.45) is 0 Å². The zero-order valence-electron chi connectivity index (χ0n) is 11.8.